The highest BCUT2D eigenvalue weighted by molar-refractivity contribution is 7.99. The molecular formula is C21H17NO2S. The summed E-state index contributed by atoms with van der Waals surface area (Å²) < 4.78 is 5.73. The first-order valence-electron chi connectivity index (χ1n) is 8.11. The van der Waals surface area contributed by atoms with Crippen molar-refractivity contribution in [3.63, 3.8) is 0 Å². The number of nitrogens with zero attached hydrogens (tertiary/aromatic N) is 1. The maximum atomic E-state index is 13.0. The van der Waals surface area contributed by atoms with Crippen molar-refractivity contribution < 1.29 is 9.53 Å². The maximum Gasteiger partial charge on any atom is 0.269 e. The highest BCUT2D eigenvalue weighted by atomic mass is 32.2. The molecule has 124 valence electrons. The molecule has 1 aliphatic rings. The van der Waals surface area contributed by atoms with Crippen LogP contribution in [0, 0.1) is 6.92 Å². The van der Waals surface area contributed by atoms with Crippen LogP contribution in [0.15, 0.2) is 82.6 Å². The summed E-state index contributed by atoms with van der Waals surface area (Å²) in [6.07, 6.45) is 0. The van der Waals surface area contributed by atoms with Crippen molar-refractivity contribution in [2.75, 3.05) is 11.5 Å². The minimum atomic E-state index is -0.0818. The van der Waals surface area contributed by atoms with E-state index in [0.29, 0.717) is 5.75 Å². The predicted octanol–water partition coefficient (Wildman–Crippen LogP) is 5.20. The fourth-order valence-electron chi connectivity index (χ4n) is 2.89. The molecule has 0 spiro atoms. The molecule has 1 aliphatic heterocycles. The number of aryl methyl sites for hydroxylation is 1. The number of carbonyl (C=O) groups excluding carboxylic acids is 1. The van der Waals surface area contributed by atoms with Gasteiger partial charge in [-0.1, -0.05) is 48.2 Å². The number of benzene rings is 3. The van der Waals surface area contributed by atoms with E-state index in [1.54, 1.807) is 16.7 Å². The number of ether oxygens (including phenoxy) is 1. The molecule has 4 rings (SSSR count). The standard InChI is InChI=1S/C21H17NO2S/c1-15-7-6-8-16(13-15)24-14-21(23)22-17-9-2-4-11-19(17)25-20-12-5-3-10-18(20)22/h2-13H,14H2,1H3. The molecule has 0 N–H and O–H groups in total. The van der Waals surface area contributed by atoms with E-state index in [-0.39, 0.29) is 12.5 Å². The average molecular weight is 347 g/mol. The zero-order valence-corrected chi connectivity index (χ0v) is 14.6. The van der Waals surface area contributed by atoms with Crippen LogP contribution in [0.2, 0.25) is 0 Å². The second-order valence-corrected chi connectivity index (χ2v) is 6.96. The largest absolute Gasteiger partial charge is 0.484 e. The molecule has 4 heteroatoms. The van der Waals surface area contributed by atoms with Gasteiger partial charge in [-0.05, 0) is 48.9 Å². The zero-order valence-electron chi connectivity index (χ0n) is 13.8. The minimum Gasteiger partial charge on any atom is -0.484 e. The van der Waals surface area contributed by atoms with E-state index < -0.39 is 0 Å². The summed E-state index contributed by atoms with van der Waals surface area (Å²) >= 11 is 1.69. The van der Waals surface area contributed by atoms with E-state index in [1.807, 2.05) is 79.7 Å². The number of amides is 1. The zero-order chi connectivity index (χ0) is 17.2. The first-order valence-corrected chi connectivity index (χ1v) is 8.92. The highest BCUT2D eigenvalue weighted by Gasteiger charge is 2.27. The molecule has 0 saturated carbocycles. The van der Waals surface area contributed by atoms with Gasteiger partial charge in [-0.25, -0.2) is 0 Å². The summed E-state index contributed by atoms with van der Waals surface area (Å²) in [5, 5.41) is 0. The Balaban J connectivity index is 1.64. The third kappa shape index (κ3) is 3.13. The van der Waals surface area contributed by atoms with Crippen LogP contribution in [-0.2, 0) is 4.79 Å². The van der Waals surface area contributed by atoms with Gasteiger partial charge in [0.1, 0.15) is 5.75 Å². The van der Waals surface area contributed by atoms with Gasteiger partial charge in [-0.2, -0.15) is 0 Å². The first kappa shape index (κ1) is 15.8. The van der Waals surface area contributed by atoms with E-state index in [4.69, 9.17) is 4.74 Å². The fourth-order valence-corrected chi connectivity index (χ4v) is 3.95. The summed E-state index contributed by atoms with van der Waals surface area (Å²) in [5.74, 6) is 0.628. The molecule has 3 aromatic rings. The molecule has 0 unspecified atom stereocenters. The van der Waals surface area contributed by atoms with Gasteiger partial charge in [0.25, 0.3) is 5.91 Å². The molecule has 0 aromatic heterocycles. The van der Waals surface area contributed by atoms with Crippen LogP contribution >= 0.6 is 11.8 Å². The van der Waals surface area contributed by atoms with Crippen LogP contribution in [0.25, 0.3) is 0 Å². The summed E-state index contributed by atoms with van der Waals surface area (Å²) in [6.45, 7) is 2.00. The van der Waals surface area contributed by atoms with Gasteiger partial charge in [0.15, 0.2) is 6.61 Å². The third-order valence-electron chi connectivity index (χ3n) is 4.03. The van der Waals surface area contributed by atoms with Crippen LogP contribution < -0.4 is 9.64 Å². The number of hydrogen-bond acceptors (Lipinski definition) is 3. The van der Waals surface area contributed by atoms with Gasteiger partial charge in [-0.3, -0.25) is 9.69 Å². The lowest BCUT2D eigenvalue weighted by atomic mass is 10.2. The monoisotopic (exact) mass is 347 g/mol. The number of rotatable bonds is 3. The first-order chi connectivity index (χ1) is 12.2. The molecule has 0 aliphatic carbocycles. The van der Waals surface area contributed by atoms with Crippen molar-refractivity contribution in [1.29, 1.82) is 0 Å². The van der Waals surface area contributed by atoms with Gasteiger partial charge < -0.3 is 4.74 Å². The Kier molecular flexibility index (Phi) is 4.20. The Morgan fingerprint density at radius 1 is 0.920 bits per heavy atom. The van der Waals surface area contributed by atoms with E-state index in [9.17, 15) is 4.79 Å². The molecule has 1 amide bonds. The van der Waals surface area contributed by atoms with Crippen molar-refractivity contribution in [2.45, 2.75) is 16.7 Å². The van der Waals surface area contributed by atoms with Crippen molar-refractivity contribution in [2.24, 2.45) is 0 Å². The number of para-hydroxylation sites is 2. The van der Waals surface area contributed by atoms with Crippen molar-refractivity contribution >= 4 is 29.0 Å². The van der Waals surface area contributed by atoms with Gasteiger partial charge >= 0.3 is 0 Å². The number of fused-ring (bicyclic) bond motifs is 2. The molecule has 0 fully saturated rings. The van der Waals surface area contributed by atoms with Crippen LogP contribution in [0.5, 0.6) is 5.75 Å². The molecule has 3 aromatic carbocycles. The summed E-state index contributed by atoms with van der Waals surface area (Å²) in [6, 6.07) is 23.7. The lowest BCUT2D eigenvalue weighted by Gasteiger charge is -2.30. The van der Waals surface area contributed by atoms with Gasteiger partial charge in [0.2, 0.25) is 0 Å². The number of anilines is 2. The molecule has 0 radical (unpaired) electrons. The highest BCUT2D eigenvalue weighted by Crippen LogP contribution is 2.47. The van der Waals surface area contributed by atoms with Crippen LogP contribution in [-0.4, -0.2) is 12.5 Å². The van der Waals surface area contributed by atoms with Crippen molar-refractivity contribution in [3.8, 4) is 5.75 Å². The maximum absolute atomic E-state index is 13.0. The molecule has 0 saturated heterocycles. The normalized spacial score (nSPS) is 12.3. The minimum absolute atomic E-state index is 0.00319. The number of carbonyl (C=O) groups is 1. The van der Waals surface area contributed by atoms with Crippen molar-refractivity contribution in [3.05, 3.63) is 78.4 Å². The second-order valence-electron chi connectivity index (χ2n) is 5.87. The molecular weight excluding hydrogens is 330 g/mol. The van der Waals surface area contributed by atoms with E-state index in [0.717, 1.165) is 26.7 Å². The van der Waals surface area contributed by atoms with Crippen LogP contribution in [0.4, 0.5) is 11.4 Å². The Labute approximate surface area is 151 Å². The molecule has 3 nitrogen and oxygen atoms in total. The quantitative estimate of drug-likeness (QED) is 0.652. The predicted molar refractivity (Wildman–Crippen MR) is 101 cm³/mol. The van der Waals surface area contributed by atoms with Crippen LogP contribution in [0.1, 0.15) is 5.56 Å². The van der Waals surface area contributed by atoms with E-state index in [2.05, 4.69) is 0 Å². The van der Waals surface area contributed by atoms with Gasteiger partial charge in [0.05, 0.1) is 11.4 Å². The smallest absolute Gasteiger partial charge is 0.269 e. The Bertz CT molecular complexity index is 893. The van der Waals surface area contributed by atoms with E-state index in [1.165, 1.54) is 0 Å². The molecule has 1 heterocycles. The molecule has 0 atom stereocenters. The van der Waals surface area contributed by atoms with Gasteiger partial charge in [-0.15, -0.1) is 0 Å². The Morgan fingerprint density at radius 2 is 1.56 bits per heavy atom. The topological polar surface area (TPSA) is 29.5 Å². The Morgan fingerprint density at radius 3 is 2.20 bits per heavy atom. The lowest BCUT2D eigenvalue weighted by Crippen LogP contribution is -2.32. The Hall–Kier alpha value is -2.72. The lowest BCUT2D eigenvalue weighted by molar-refractivity contribution is -0.119. The van der Waals surface area contributed by atoms with E-state index >= 15 is 0 Å². The third-order valence-corrected chi connectivity index (χ3v) is 5.16. The summed E-state index contributed by atoms with van der Waals surface area (Å²) in [5.41, 5.74) is 2.92. The summed E-state index contributed by atoms with van der Waals surface area (Å²) in [7, 11) is 0. The van der Waals surface area contributed by atoms with Gasteiger partial charge in [0, 0.05) is 9.79 Å². The SMILES string of the molecule is Cc1cccc(OCC(=O)N2c3ccccc3Sc3ccccc32)c1. The second kappa shape index (κ2) is 6.65. The summed E-state index contributed by atoms with van der Waals surface area (Å²) in [4.78, 5) is 16.9. The van der Waals surface area contributed by atoms with Crippen LogP contribution in [0.3, 0.4) is 0 Å². The number of hydrogen-bond donors (Lipinski definition) is 0. The molecule has 25 heavy (non-hydrogen) atoms. The molecule has 0 bridgehead atoms. The average Bonchev–Trinajstić information content (AvgIpc) is 2.64. The fraction of sp³-hybridized carbons (Fsp3) is 0.0952. The van der Waals surface area contributed by atoms with Crippen molar-refractivity contribution in [1.82, 2.24) is 0 Å².